The Hall–Kier alpha value is -3.08. The zero-order valence-corrected chi connectivity index (χ0v) is 13.6. The van der Waals surface area contributed by atoms with Crippen LogP contribution in [0.5, 0.6) is 5.75 Å². The van der Waals surface area contributed by atoms with Crippen molar-refractivity contribution in [3.63, 3.8) is 0 Å². The first-order valence-electron chi connectivity index (χ1n) is 7.63. The van der Waals surface area contributed by atoms with E-state index in [1.54, 1.807) is 6.07 Å². The van der Waals surface area contributed by atoms with Crippen LogP contribution < -0.4 is 10.1 Å². The number of hydrogen-bond acceptors (Lipinski definition) is 4. The van der Waals surface area contributed by atoms with Crippen molar-refractivity contribution >= 4 is 11.8 Å². The van der Waals surface area contributed by atoms with E-state index in [1.165, 1.54) is 0 Å². The molecule has 1 heterocycles. The van der Waals surface area contributed by atoms with Gasteiger partial charge in [-0.25, -0.2) is 0 Å². The van der Waals surface area contributed by atoms with E-state index in [4.69, 9.17) is 9.26 Å². The highest BCUT2D eigenvalue weighted by molar-refractivity contribution is 5.91. The van der Waals surface area contributed by atoms with E-state index >= 15 is 0 Å². The molecule has 3 rings (SSSR count). The van der Waals surface area contributed by atoms with Gasteiger partial charge in [0.05, 0.1) is 0 Å². The molecule has 0 saturated carbocycles. The zero-order valence-electron chi connectivity index (χ0n) is 13.6. The molecule has 0 fully saturated rings. The number of nitrogens with one attached hydrogen (secondary N) is 1. The van der Waals surface area contributed by atoms with Crippen LogP contribution in [0.15, 0.2) is 59.1 Å². The third-order valence-electron chi connectivity index (χ3n) is 3.41. The Morgan fingerprint density at radius 3 is 2.50 bits per heavy atom. The van der Waals surface area contributed by atoms with Gasteiger partial charge < -0.3 is 9.26 Å². The normalized spacial score (nSPS) is 10.4. The molecule has 0 aliphatic rings. The summed E-state index contributed by atoms with van der Waals surface area (Å²) in [4.78, 5) is 12.0. The summed E-state index contributed by atoms with van der Waals surface area (Å²) in [7, 11) is 0. The molecule has 0 aliphatic carbocycles. The number of amides is 1. The molecule has 1 aromatic heterocycles. The summed E-state index contributed by atoms with van der Waals surface area (Å²) in [6.45, 7) is 3.88. The second kappa shape index (κ2) is 7.00. The largest absolute Gasteiger partial charge is 0.484 e. The van der Waals surface area contributed by atoms with E-state index in [-0.39, 0.29) is 12.5 Å². The van der Waals surface area contributed by atoms with Gasteiger partial charge in [-0.1, -0.05) is 41.6 Å². The van der Waals surface area contributed by atoms with Gasteiger partial charge >= 0.3 is 0 Å². The first-order valence-corrected chi connectivity index (χ1v) is 7.63. The number of carbonyl (C=O) groups is 1. The molecule has 0 saturated heterocycles. The Kier molecular flexibility index (Phi) is 4.61. The Labute approximate surface area is 140 Å². The van der Waals surface area contributed by atoms with Crippen LogP contribution in [-0.4, -0.2) is 17.7 Å². The van der Waals surface area contributed by atoms with Crippen LogP contribution in [0.2, 0.25) is 0 Å². The summed E-state index contributed by atoms with van der Waals surface area (Å²) in [6, 6.07) is 17.1. The van der Waals surface area contributed by atoms with Gasteiger partial charge in [0, 0.05) is 11.6 Å². The maximum absolute atomic E-state index is 12.0. The van der Waals surface area contributed by atoms with Crippen LogP contribution in [0.1, 0.15) is 11.1 Å². The summed E-state index contributed by atoms with van der Waals surface area (Å²) in [5.74, 6) is 0.665. The van der Waals surface area contributed by atoms with Crippen molar-refractivity contribution in [2.24, 2.45) is 0 Å². The van der Waals surface area contributed by atoms with E-state index in [2.05, 4.69) is 10.5 Å². The molecule has 1 N–H and O–H groups in total. The molecule has 0 spiro atoms. The van der Waals surface area contributed by atoms with Crippen molar-refractivity contribution in [1.29, 1.82) is 0 Å². The smallest absolute Gasteiger partial charge is 0.264 e. The number of benzene rings is 2. The molecule has 5 heteroatoms. The number of aromatic nitrogens is 1. The number of anilines is 1. The maximum Gasteiger partial charge on any atom is 0.264 e. The van der Waals surface area contributed by atoms with Crippen LogP contribution in [0.4, 0.5) is 5.88 Å². The summed E-state index contributed by atoms with van der Waals surface area (Å²) >= 11 is 0. The molecule has 0 atom stereocenters. The standard InChI is InChI=1S/C19H18N2O3/c1-13-8-14(2)10-16(9-13)23-12-18(22)20-19-11-17(21-24-19)15-6-4-3-5-7-15/h3-11H,12H2,1-2H3,(H,20,22). The lowest BCUT2D eigenvalue weighted by Gasteiger charge is -2.07. The molecule has 0 bridgehead atoms. The number of carbonyl (C=O) groups excluding carboxylic acids is 1. The summed E-state index contributed by atoms with van der Waals surface area (Å²) in [5, 5.41) is 6.59. The lowest BCUT2D eigenvalue weighted by atomic mass is 10.1. The Morgan fingerprint density at radius 1 is 1.08 bits per heavy atom. The van der Waals surface area contributed by atoms with Crippen LogP contribution in [-0.2, 0) is 4.79 Å². The van der Waals surface area contributed by atoms with E-state index in [9.17, 15) is 4.79 Å². The van der Waals surface area contributed by atoms with Crippen LogP contribution in [0.3, 0.4) is 0 Å². The highest BCUT2D eigenvalue weighted by Crippen LogP contribution is 2.21. The van der Waals surface area contributed by atoms with Gasteiger partial charge in [-0.05, 0) is 37.1 Å². The Balaban J connectivity index is 1.58. The minimum Gasteiger partial charge on any atom is -0.484 e. The molecule has 0 radical (unpaired) electrons. The van der Waals surface area contributed by atoms with Crippen LogP contribution >= 0.6 is 0 Å². The first kappa shape index (κ1) is 15.8. The molecule has 0 unspecified atom stereocenters. The molecule has 2 aromatic carbocycles. The second-order valence-corrected chi connectivity index (χ2v) is 5.60. The fourth-order valence-electron chi connectivity index (χ4n) is 2.42. The molecule has 1 amide bonds. The number of nitrogens with zero attached hydrogens (tertiary/aromatic N) is 1. The van der Waals surface area contributed by atoms with Crippen molar-refractivity contribution in [2.75, 3.05) is 11.9 Å². The first-order chi connectivity index (χ1) is 11.6. The lowest BCUT2D eigenvalue weighted by Crippen LogP contribution is -2.19. The van der Waals surface area contributed by atoms with Crippen LogP contribution in [0.25, 0.3) is 11.3 Å². The minimum atomic E-state index is -0.301. The number of rotatable bonds is 5. The third-order valence-corrected chi connectivity index (χ3v) is 3.41. The molecule has 0 aliphatic heterocycles. The van der Waals surface area contributed by atoms with E-state index in [0.717, 1.165) is 16.7 Å². The highest BCUT2D eigenvalue weighted by atomic mass is 16.5. The number of aryl methyl sites for hydroxylation is 2. The molecular formula is C19H18N2O3. The SMILES string of the molecule is Cc1cc(C)cc(OCC(=O)Nc2cc(-c3ccccc3)no2)c1. The van der Waals surface area contributed by atoms with E-state index < -0.39 is 0 Å². The van der Waals surface area contributed by atoms with Gasteiger partial charge in [-0.15, -0.1) is 0 Å². The maximum atomic E-state index is 12.0. The molecule has 24 heavy (non-hydrogen) atoms. The van der Waals surface area contributed by atoms with Gasteiger partial charge in [0.1, 0.15) is 11.4 Å². The Bertz CT molecular complexity index is 821. The average molecular weight is 322 g/mol. The van der Waals surface area contributed by atoms with Gasteiger partial charge in [-0.3, -0.25) is 10.1 Å². The summed E-state index contributed by atoms with van der Waals surface area (Å²) in [6.07, 6.45) is 0. The molecular weight excluding hydrogens is 304 g/mol. The Morgan fingerprint density at radius 2 is 1.79 bits per heavy atom. The quantitative estimate of drug-likeness (QED) is 0.772. The predicted octanol–water partition coefficient (Wildman–Crippen LogP) is 3.98. The van der Waals surface area contributed by atoms with Crippen molar-refractivity contribution in [1.82, 2.24) is 5.16 Å². The fraction of sp³-hybridized carbons (Fsp3) is 0.158. The highest BCUT2D eigenvalue weighted by Gasteiger charge is 2.10. The number of hydrogen-bond donors (Lipinski definition) is 1. The molecule has 122 valence electrons. The van der Waals surface area contributed by atoms with Gasteiger partial charge in [0.25, 0.3) is 5.91 Å². The van der Waals surface area contributed by atoms with Crippen LogP contribution in [0, 0.1) is 13.8 Å². The molecule has 5 nitrogen and oxygen atoms in total. The predicted molar refractivity (Wildman–Crippen MR) is 92.0 cm³/mol. The fourth-order valence-corrected chi connectivity index (χ4v) is 2.42. The summed E-state index contributed by atoms with van der Waals surface area (Å²) < 4.78 is 10.7. The van der Waals surface area contributed by atoms with Crippen molar-refractivity contribution in [3.05, 3.63) is 65.7 Å². The van der Waals surface area contributed by atoms with Crippen molar-refractivity contribution in [3.8, 4) is 17.0 Å². The van der Waals surface area contributed by atoms with Gasteiger partial charge in [0.15, 0.2) is 6.61 Å². The lowest BCUT2D eigenvalue weighted by molar-refractivity contribution is -0.118. The van der Waals surface area contributed by atoms with Gasteiger partial charge in [0.2, 0.25) is 5.88 Å². The van der Waals surface area contributed by atoms with Gasteiger partial charge in [-0.2, -0.15) is 0 Å². The average Bonchev–Trinajstić information content (AvgIpc) is 3.01. The minimum absolute atomic E-state index is 0.0930. The van der Waals surface area contributed by atoms with Crippen molar-refractivity contribution in [2.45, 2.75) is 13.8 Å². The third kappa shape index (κ3) is 4.01. The topological polar surface area (TPSA) is 64.4 Å². The summed E-state index contributed by atoms with van der Waals surface area (Å²) in [5.41, 5.74) is 3.77. The van der Waals surface area contributed by atoms with Crippen molar-refractivity contribution < 1.29 is 14.1 Å². The van der Waals surface area contributed by atoms with E-state index in [1.807, 2.05) is 62.4 Å². The second-order valence-electron chi connectivity index (χ2n) is 5.60. The monoisotopic (exact) mass is 322 g/mol. The zero-order chi connectivity index (χ0) is 16.9. The number of ether oxygens (including phenoxy) is 1. The molecule has 3 aromatic rings. The van der Waals surface area contributed by atoms with E-state index in [0.29, 0.717) is 17.3 Å².